The summed E-state index contributed by atoms with van der Waals surface area (Å²) in [4.78, 5) is 2.25. The molecule has 1 aliphatic heterocycles. The minimum atomic E-state index is 0.724. The molecule has 2 aromatic carbocycles. The van der Waals surface area contributed by atoms with Gasteiger partial charge >= 0.3 is 255 Å². The van der Waals surface area contributed by atoms with Gasteiger partial charge in [0.05, 0.1) is 0 Å². The molecule has 2 nitrogen and oxygen atoms in total. The number of hydrogen-bond acceptors (Lipinski definition) is 1. The molecule has 3 aromatic rings. The van der Waals surface area contributed by atoms with Gasteiger partial charge < -0.3 is 0 Å². The zero-order valence-electron chi connectivity index (χ0n) is 21.5. The van der Waals surface area contributed by atoms with Crippen LogP contribution in [0.1, 0.15) is 37.3 Å². The van der Waals surface area contributed by atoms with Crippen LogP contribution >= 0.6 is 0 Å². The normalized spacial score (nSPS) is 20.8. The molecule has 0 saturated heterocycles. The number of fused-ring (bicyclic) bond motifs is 2. The maximum absolute atomic E-state index is 2.77. The average Bonchev–Trinajstić information content (AvgIpc) is 3.59. The summed E-state index contributed by atoms with van der Waals surface area (Å²) >= 11 is 7.98. The molecule has 0 N–H and O–H groups in total. The van der Waals surface area contributed by atoms with Gasteiger partial charge in [0, 0.05) is 0 Å². The average molecular weight is 607 g/mol. The molecule has 0 bridgehead atoms. The molecule has 5 heteroatoms. The summed E-state index contributed by atoms with van der Waals surface area (Å²) < 4.78 is 6.58. The fourth-order valence-electron chi connectivity index (χ4n) is 5.37. The van der Waals surface area contributed by atoms with E-state index < -0.39 is 0 Å². The molecule has 5 rings (SSSR count). The van der Waals surface area contributed by atoms with Crippen molar-refractivity contribution >= 4 is 41.7 Å². The molecule has 38 heavy (non-hydrogen) atoms. The Morgan fingerprint density at radius 3 is 2.61 bits per heavy atom. The molecule has 2 unspecified atom stereocenters. The molecule has 1 aliphatic carbocycles. The van der Waals surface area contributed by atoms with Crippen LogP contribution in [0, 0.1) is 11.8 Å². The number of anilines is 1. The van der Waals surface area contributed by atoms with E-state index in [1.54, 1.807) is 0 Å². The maximum atomic E-state index is 2.77. The predicted octanol–water partition coefficient (Wildman–Crippen LogP) is 7.17. The number of rotatable bonds is 8. The zero-order chi connectivity index (χ0) is 26.5. The van der Waals surface area contributed by atoms with Crippen LogP contribution < -0.4 is 4.90 Å². The van der Waals surface area contributed by atoms with Crippen molar-refractivity contribution < 1.29 is 50.9 Å². The van der Waals surface area contributed by atoms with Crippen molar-refractivity contribution in [2.24, 2.45) is 11.8 Å². The third-order valence-electron chi connectivity index (χ3n) is 7.40. The van der Waals surface area contributed by atoms with Crippen molar-refractivity contribution in [1.29, 1.82) is 0 Å². The summed E-state index contributed by atoms with van der Waals surface area (Å²) in [7, 11) is 0. The van der Waals surface area contributed by atoms with Crippen LogP contribution in [0.25, 0.3) is 22.6 Å². The van der Waals surface area contributed by atoms with E-state index in [9.17, 15) is 0 Å². The Balaban J connectivity index is 1.47. The van der Waals surface area contributed by atoms with E-state index in [1.807, 2.05) is 16.9 Å². The Labute approximate surface area is 253 Å². The van der Waals surface area contributed by atoms with Crippen LogP contribution in [-0.2, 0) is 50.9 Å². The molecule has 0 spiro atoms. The molecule has 185 valence electrons. The van der Waals surface area contributed by atoms with E-state index in [4.69, 9.17) is 0 Å². The molecule has 0 amide bonds. The van der Waals surface area contributed by atoms with Crippen LogP contribution in [0.3, 0.4) is 0 Å². The van der Waals surface area contributed by atoms with Crippen molar-refractivity contribution in [3.63, 3.8) is 0 Å². The number of aromatic nitrogens is 1. The van der Waals surface area contributed by atoms with E-state index in [2.05, 4.69) is 165 Å². The third-order valence-corrected chi connectivity index (χ3v) is 8.95. The monoisotopic (exact) mass is 607 g/mol. The van der Waals surface area contributed by atoms with E-state index in [0.29, 0.717) is 0 Å². The number of allylic oxidation sites excluding steroid dienone is 7. The van der Waals surface area contributed by atoms with E-state index >= 15 is 0 Å². The first-order valence-corrected chi connectivity index (χ1v) is 15.3. The molecular formula is C33H30N2V3+2. The summed E-state index contributed by atoms with van der Waals surface area (Å²) in [6.45, 7) is 2.37. The van der Waals surface area contributed by atoms with Crippen molar-refractivity contribution in [2.75, 3.05) is 4.90 Å². The Kier molecular flexibility index (Phi) is 9.23. The van der Waals surface area contributed by atoms with Gasteiger partial charge in [-0.1, -0.05) is 0 Å². The van der Waals surface area contributed by atoms with Gasteiger partial charge in [-0.3, -0.25) is 0 Å². The first-order valence-electron chi connectivity index (χ1n) is 13.1. The van der Waals surface area contributed by atoms with Crippen LogP contribution in [0.2, 0.25) is 0 Å². The summed E-state index contributed by atoms with van der Waals surface area (Å²) in [5, 5.41) is 1.25. The predicted molar refractivity (Wildman–Crippen MR) is 153 cm³/mol. The van der Waals surface area contributed by atoms with E-state index in [-0.39, 0.29) is 0 Å². The SMILES string of the molecule is CC1CCCC1C=CC=C[C](=[V+2])n1cc(C=C2[C](=[V])N(C=CC=C[CH]=[V])c3ccccc32)c2ccccc21. The molecule has 1 saturated carbocycles. The van der Waals surface area contributed by atoms with Gasteiger partial charge in [0.1, 0.15) is 0 Å². The second-order valence-electron chi connectivity index (χ2n) is 9.79. The topological polar surface area (TPSA) is 8.17 Å². The van der Waals surface area contributed by atoms with Gasteiger partial charge in [0.2, 0.25) is 0 Å². The van der Waals surface area contributed by atoms with Crippen molar-refractivity contribution in [1.82, 2.24) is 4.57 Å². The van der Waals surface area contributed by atoms with Crippen molar-refractivity contribution in [3.05, 3.63) is 115 Å². The second-order valence-corrected chi connectivity index (χ2v) is 11.6. The van der Waals surface area contributed by atoms with Gasteiger partial charge in [0.25, 0.3) is 0 Å². The van der Waals surface area contributed by atoms with Gasteiger partial charge in [-0.2, -0.15) is 0 Å². The Morgan fingerprint density at radius 1 is 0.974 bits per heavy atom. The summed E-state index contributed by atoms with van der Waals surface area (Å²) in [5.41, 5.74) is 6.10. The Hall–Kier alpha value is -2.16. The number of nitrogens with zero attached hydrogens (tertiary/aromatic N) is 2. The molecule has 2 atom stereocenters. The number of para-hydroxylation sites is 2. The third kappa shape index (κ3) is 5.87. The Bertz CT molecular complexity index is 1530. The van der Waals surface area contributed by atoms with Gasteiger partial charge in [0.15, 0.2) is 0 Å². The van der Waals surface area contributed by atoms with E-state index in [1.165, 1.54) is 56.9 Å². The number of hydrogen-bond donors (Lipinski definition) is 0. The van der Waals surface area contributed by atoms with Crippen LogP contribution in [-0.4, -0.2) is 18.0 Å². The van der Waals surface area contributed by atoms with E-state index in [0.717, 1.165) is 16.2 Å². The molecule has 2 aliphatic rings. The first-order chi connectivity index (χ1) is 18.6. The van der Waals surface area contributed by atoms with Gasteiger partial charge in [-0.25, -0.2) is 0 Å². The first kappa shape index (κ1) is 27.4. The molecule has 2 heterocycles. The standard InChI is InChI=1S/C33H30N2.3V/c1-3-4-11-21-34-24-28(30-17-7-9-19-32(30)34)23-29-25-35(33-20-10-8-18-31(29)33)22-12-5-6-15-27-16-13-14-26(27)2;;;/h1,3-12,15,17-21,23,25-27H,13-14,16H2,2H3;;;/q;;;+2. The molecule has 1 fully saturated rings. The fourth-order valence-corrected chi connectivity index (χ4v) is 6.48. The van der Waals surface area contributed by atoms with Crippen LogP contribution in [0.15, 0.2) is 103 Å². The molecule has 0 radical (unpaired) electrons. The van der Waals surface area contributed by atoms with Crippen LogP contribution in [0.5, 0.6) is 0 Å². The fraction of sp³-hybridized carbons (Fsp3) is 0.182. The molecular weight excluding hydrogens is 577 g/mol. The van der Waals surface area contributed by atoms with Crippen LogP contribution in [0.4, 0.5) is 5.69 Å². The summed E-state index contributed by atoms with van der Waals surface area (Å²) in [6.07, 6.45) is 25.9. The second kappa shape index (κ2) is 12.8. The van der Waals surface area contributed by atoms with Gasteiger partial charge in [-0.05, 0) is 0 Å². The van der Waals surface area contributed by atoms with Gasteiger partial charge in [-0.15, -0.1) is 0 Å². The van der Waals surface area contributed by atoms with Crippen molar-refractivity contribution in [3.8, 4) is 0 Å². The Morgan fingerprint density at radius 2 is 1.79 bits per heavy atom. The summed E-state index contributed by atoms with van der Waals surface area (Å²) in [6, 6.07) is 17.3. The zero-order valence-corrected chi connectivity index (χ0v) is 25.7. The summed E-state index contributed by atoms with van der Waals surface area (Å²) in [5.74, 6) is 1.53. The molecule has 1 aromatic heterocycles. The van der Waals surface area contributed by atoms with Crippen molar-refractivity contribution in [2.45, 2.75) is 26.2 Å². The quantitative estimate of drug-likeness (QED) is 0.247. The number of benzene rings is 2. The minimum absolute atomic E-state index is 0.724.